The van der Waals surface area contributed by atoms with Gasteiger partial charge in [-0.15, -0.1) is 0 Å². The number of likely N-dealkylation sites (N-methyl/N-ethyl adjacent to an activating group) is 1. The van der Waals surface area contributed by atoms with Gasteiger partial charge >= 0.3 is 0 Å². The number of fused-ring (bicyclic) bond motifs is 1. The number of carbonyl (C=O) groups excluding carboxylic acids is 1. The van der Waals surface area contributed by atoms with Crippen LogP contribution in [-0.4, -0.2) is 40.6 Å². The maximum Gasteiger partial charge on any atom is 0.253 e. The second-order valence-corrected chi connectivity index (χ2v) is 6.62. The third-order valence-corrected chi connectivity index (χ3v) is 4.62. The zero-order chi connectivity index (χ0) is 18.1. The van der Waals surface area contributed by atoms with E-state index in [0.29, 0.717) is 30.5 Å². The quantitative estimate of drug-likeness (QED) is 0.679. The van der Waals surface area contributed by atoms with E-state index < -0.39 is 0 Å². The summed E-state index contributed by atoms with van der Waals surface area (Å²) in [4.78, 5) is 18.7. The normalized spacial score (nSPS) is 13.8. The number of hydrogen-bond acceptors (Lipinski definition) is 3. The lowest BCUT2D eigenvalue weighted by Gasteiger charge is -2.17. The Morgan fingerprint density at radius 3 is 2.77 bits per heavy atom. The van der Waals surface area contributed by atoms with Crippen LogP contribution in [0.25, 0.3) is 11.0 Å². The summed E-state index contributed by atoms with van der Waals surface area (Å²) in [6, 6.07) is 12.1. The first-order chi connectivity index (χ1) is 12.6. The van der Waals surface area contributed by atoms with Gasteiger partial charge in [0.1, 0.15) is 18.2 Å². The van der Waals surface area contributed by atoms with Crippen LogP contribution in [0.2, 0.25) is 0 Å². The topological polar surface area (TPSA) is 47.4 Å². The summed E-state index contributed by atoms with van der Waals surface area (Å²) in [6.07, 6.45) is 4.25. The Morgan fingerprint density at radius 1 is 1.27 bits per heavy atom. The molecule has 0 aliphatic heterocycles. The van der Waals surface area contributed by atoms with E-state index in [2.05, 4.69) is 9.55 Å². The minimum Gasteiger partial charge on any atom is -0.492 e. The molecule has 26 heavy (non-hydrogen) atoms. The maximum absolute atomic E-state index is 12.9. The van der Waals surface area contributed by atoms with E-state index in [4.69, 9.17) is 4.74 Å². The van der Waals surface area contributed by atoms with Crippen LogP contribution in [0.15, 0.2) is 48.8 Å². The lowest BCUT2D eigenvalue weighted by atomic mass is 10.1. The second kappa shape index (κ2) is 6.78. The average molecular weight is 353 g/mol. The van der Waals surface area contributed by atoms with Crippen LogP contribution in [0, 0.1) is 5.82 Å². The third kappa shape index (κ3) is 3.40. The molecule has 0 saturated heterocycles. The van der Waals surface area contributed by atoms with Crippen molar-refractivity contribution < 1.29 is 13.9 Å². The van der Waals surface area contributed by atoms with Crippen molar-refractivity contribution in [2.45, 2.75) is 18.9 Å². The maximum atomic E-state index is 12.9. The van der Waals surface area contributed by atoms with Gasteiger partial charge in [0.2, 0.25) is 0 Å². The van der Waals surface area contributed by atoms with Crippen LogP contribution in [0.1, 0.15) is 29.2 Å². The van der Waals surface area contributed by atoms with E-state index in [1.165, 1.54) is 25.0 Å². The van der Waals surface area contributed by atoms with Gasteiger partial charge in [-0.1, -0.05) is 0 Å². The van der Waals surface area contributed by atoms with E-state index in [0.717, 1.165) is 11.0 Å². The highest BCUT2D eigenvalue weighted by molar-refractivity contribution is 5.97. The fraction of sp³-hybridized carbons (Fsp3) is 0.300. The van der Waals surface area contributed by atoms with Gasteiger partial charge in [0.05, 0.1) is 23.9 Å². The predicted octanol–water partition coefficient (Wildman–Crippen LogP) is 3.66. The van der Waals surface area contributed by atoms with E-state index in [-0.39, 0.29) is 11.7 Å². The molecule has 1 aliphatic carbocycles. The van der Waals surface area contributed by atoms with Crippen LogP contribution in [0.5, 0.6) is 5.75 Å². The Kier molecular flexibility index (Phi) is 4.32. The Bertz CT molecular complexity index is 932. The Balaban J connectivity index is 1.38. The number of aromatic nitrogens is 2. The first kappa shape index (κ1) is 16.6. The van der Waals surface area contributed by atoms with Crippen molar-refractivity contribution in [2.75, 3.05) is 20.2 Å². The van der Waals surface area contributed by atoms with Crippen molar-refractivity contribution in [1.82, 2.24) is 14.5 Å². The van der Waals surface area contributed by atoms with E-state index in [1.807, 2.05) is 24.5 Å². The summed E-state index contributed by atoms with van der Waals surface area (Å²) >= 11 is 0. The number of benzene rings is 2. The lowest BCUT2D eigenvalue weighted by Crippen LogP contribution is -2.30. The van der Waals surface area contributed by atoms with Gasteiger partial charge in [0.25, 0.3) is 5.91 Å². The van der Waals surface area contributed by atoms with Crippen LogP contribution in [-0.2, 0) is 0 Å². The predicted molar refractivity (Wildman–Crippen MR) is 96.9 cm³/mol. The number of rotatable bonds is 6. The number of imidazole rings is 1. The minimum atomic E-state index is -0.302. The van der Waals surface area contributed by atoms with Gasteiger partial charge in [0.15, 0.2) is 0 Å². The standard InChI is InChI=1S/C20H20FN3O2/c1-23(10-11-26-17-7-3-15(21)4-8-17)20(25)14-2-9-19-18(12-14)22-13-24(19)16-5-6-16/h2-4,7-9,12-13,16H,5-6,10-11H2,1H3. The zero-order valence-corrected chi connectivity index (χ0v) is 14.6. The third-order valence-electron chi connectivity index (χ3n) is 4.62. The summed E-state index contributed by atoms with van der Waals surface area (Å²) in [5.74, 6) is 0.207. The Morgan fingerprint density at radius 2 is 2.04 bits per heavy atom. The van der Waals surface area contributed by atoms with Crippen molar-refractivity contribution in [3.63, 3.8) is 0 Å². The Hall–Kier alpha value is -2.89. The van der Waals surface area contributed by atoms with E-state index in [9.17, 15) is 9.18 Å². The number of amides is 1. The molecule has 0 bridgehead atoms. The molecule has 6 heteroatoms. The first-order valence-corrected chi connectivity index (χ1v) is 8.72. The fourth-order valence-corrected chi connectivity index (χ4v) is 2.96. The molecule has 0 radical (unpaired) electrons. The molecule has 1 aliphatic rings. The van der Waals surface area contributed by atoms with Gasteiger partial charge < -0.3 is 14.2 Å². The first-order valence-electron chi connectivity index (χ1n) is 8.72. The lowest BCUT2D eigenvalue weighted by molar-refractivity contribution is 0.0774. The van der Waals surface area contributed by atoms with Crippen LogP contribution < -0.4 is 4.74 Å². The molecule has 1 heterocycles. The summed E-state index contributed by atoms with van der Waals surface area (Å²) < 4.78 is 20.6. The molecule has 1 amide bonds. The molecule has 5 nitrogen and oxygen atoms in total. The minimum absolute atomic E-state index is 0.0735. The van der Waals surface area contributed by atoms with Crippen molar-refractivity contribution in [3.8, 4) is 5.75 Å². The molecule has 1 fully saturated rings. The molecule has 0 spiro atoms. The van der Waals surface area contributed by atoms with Gasteiger partial charge in [-0.05, 0) is 55.3 Å². The molecule has 0 N–H and O–H groups in total. The van der Waals surface area contributed by atoms with E-state index in [1.54, 1.807) is 24.1 Å². The molecule has 1 saturated carbocycles. The second-order valence-electron chi connectivity index (χ2n) is 6.62. The molecular formula is C20H20FN3O2. The summed E-state index contributed by atoms with van der Waals surface area (Å²) in [5.41, 5.74) is 2.54. The highest BCUT2D eigenvalue weighted by Gasteiger charge is 2.25. The van der Waals surface area contributed by atoms with Gasteiger partial charge in [-0.25, -0.2) is 9.37 Å². The SMILES string of the molecule is CN(CCOc1ccc(F)cc1)C(=O)c1ccc2c(c1)ncn2C1CC1. The van der Waals surface area contributed by atoms with Crippen LogP contribution >= 0.6 is 0 Å². The van der Waals surface area contributed by atoms with Crippen LogP contribution in [0.3, 0.4) is 0 Å². The van der Waals surface area contributed by atoms with Crippen molar-refractivity contribution in [2.24, 2.45) is 0 Å². The number of carbonyl (C=O) groups is 1. The molecule has 0 unspecified atom stereocenters. The molecular weight excluding hydrogens is 333 g/mol. The molecule has 2 aromatic carbocycles. The van der Waals surface area contributed by atoms with Gasteiger partial charge in [0, 0.05) is 18.7 Å². The number of ether oxygens (including phenoxy) is 1. The molecule has 3 aromatic rings. The molecule has 134 valence electrons. The largest absolute Gasteiger partial charge is 0.492 e. The number of halogens is 1. The fourth-order valence-electron chi connectivity index (χ4n) is 2.96. The summed E-state index contributed by atoms with van der Waals surface area (Å²) in [5, 5.41) is 0. The van der Waals surface area contributed by atoms with Crippen molar-refractivity contribution >= 4 is 16.9 Å². The Labute approximate surface area is 151 Å². The van der Waals surface area contributed by atoms with Crippen molar-refractivity contribution in [3.05, 3.63) is 60.2 Å². The monoisotopic (exact) mass is 353 g/mol. The highest BCUT2D eigenvalue weighted by Crippen LogP contribution is 2.37. The zero-order valence-electron chi connectivity index (χ0n) is 14.6. The average Bonchev–Trinajstić information content (AvgIpc) is 3.41. The smallest absolute Gasteiger partial charge is 0.253 e. The number of hydrogen-bond donors (Lipinski definition) is 0. The summed E-state index contributed by atoms with van der Waals surface area (Å²) in [7, 11) is 1.74. The molecule has 4 rings (SSSR count). The van der Waals surface area contributed by atoms with Crippen molar-refractivity contribution in [1.29, 1.82) is 0 Å². The number of nitrogens with zero attached hydrogens (tertiary/aromatic N) is 3. The van der Waals surface area contributed by atoms with Crippen LogP contribution in [0.4, 0.5) is 4.39 Å². The van der Waals surface area contributed by atoms with E-state index >= 15 is 0 Å². The van der Waals surface area contributed by atoms with Gasteiger partial charge in [-0.2, -0.15) is 0 Å². The molecule has 0 atom stereocenters. The molecule has 1 aromatic heterocycles. The van der Waals surface area contributed by atoms with Gasteiger partial charge in [-0.3, -0.25) is 4.79 Å². The highest BCUT2D eigenvalue weighted by atomic mass is 19.1. The summed E-state index contributed by atoms with van der Waals surface area (Å²) in [6.45, 7) is 0.775.